The molecule has 1 aliphatic rings. The van der Waals surface area contributed by atoms with E-state index in [1.807, 2.05) is 18.2 Å². The van der Waals surface area contributed by atoms with Gasteiger partial charge in [-0.25, -0.2) is 0 Å². The Morgan fingerprint density at radius 2 is 2.13 bits per heavy atom. The van der Waals surface area contributed by atoms with Crippen LogP contribution in [0.25, 0.3) is 0 Å². The summed E-state index contributed by atoms with van der Waals surface area (Å²) >= 11 is 6.10. The van der Waals surface area contributed by atoms with Gasteiger partial charge in [-0.15, -0.1) is 0 Å². The van der Waals surface area contributed by atoms with Gasteiger partial charge in [-0.1, -0.05) is 36.7 Å². The Kier molecular flexibility index (Phi) is 3.66. The summed E-state index contributed by atoms with van der Waals surface area (Å²) < 4.78 is 0. The molecule has 1 N–H and O–H groups in total. The van der Waals surface area contributed by atoms with E-state index in [4.69, 9.17) is 11.6 Å². The van der Waals surface area contributed by atoms with Crippen molar-refractivity contribution in [3.63, 3.8) is 0 Å². The predicted molar refractivity (Wildman–Crippen MR) is 65.1 cm³/mol. The van der Waals surface area contributed by atoms with Crippen LogP contribution in [-0.4, -0.2) is 6.04 Å². The lowest BCUT2D eigenvalue weighted by Crippen LogP contribution is -2.25. The number of rotatable bonds is 3. The van der Waals surface area contributed by atoms with Gasteiger partial charge in [0.15, 0.2) is 0 Å². The van der Waals surface area contributed by atoms with Crippen molar-refractivity contribution in [3.8, 4) is 0 Å². The van der Waals surface area contributed by atoms with Gasteiger partial charge in [0.25, 0.3) is 0 Å². The molecule has 0 radical (unpaired) electrons. The molecule has 0 saturated heterocycles. The fraction of sp³-hybridized carbons (Fsp3) is 0.538. The Labute approximate surface area is 96.8 Å². The minimum atomic E-state index is 0.691. The van der Waals surface area contributed by atoms with Gasteiger partial charge in [0, 0.05) is 17.6 Å². The highest BCUT2D eigenvalue weighted by Crippen LogP contribution is 2.25. The first kappa shape index (κ1) is 11.0. The summed E-state index contributed by atoms with van der Waals surface area (Å²) in [6, 6.07) is 8.75. The number of nitrogens with one attached hydrogen (secondary N) is 1. The van der Waals surface area contributed by atoms with E-state index in [9.17, 15) is 0 Å². The average Bonchev–Trinajstić information content (AvgIpc) is 2.63. The fourth-order valence-corrected chi connectivity index (χ4v) is 2.49. The first-order valence-electron chi connectivity index (χ1n) is 5.72. The average molecular weight is 224 g/mol. The van der Waals surface area contributed by atoms with Crippen molar-refractivity contribution in [2.75, 3.05) is 0 Å². The zero-order valence-electron chi connectivity index (χ0n) is 9.17. The maximum Gasteiger partial charge on any atom is 0.0450 e. The summed E-state index contributed by atoms with van der Waals surface area (Å²) in [6.45, 7) is 3.23. The molecule has 1 saturated carbocycles. The van der Waals surface area contributed by atoms with Crippen molar-refractivity contribution < 1.29 is 0 Å². The summed E-state index contributed by atoms with van der Waals surface area (Å²) in [5, 5.41) is 4.46. The van der Waals surface area contributed by atoms with Gasteiger partial charge in [0.05, 0.1) is 0 Å². The van der Waals surface area contributed by atoms with Crippen molar-refractivity contribution in [2.24, 2.45) is 5.92 Å². The van der Waals surface area contributed by atoms with Gasteiger partial charge in [-0.05, 0) is 36.8 Å². The minimum Gasteiger partial charge on any atom is -0.310 e. The van der Waals surface area contributed by atoms with Gasteiger partial charge in [-0.2, -0.15) is 0 Å². The maximum absolute atomic E-state index is 6.10. The Balaban J connectivity index is 1.86. The van der Waals surface area contributed by atoms with Gasteiger partial charge in [0.1, 0.15) is 0 Å². The SMILES string of the molecule is C[C@@H]1CC[C@@H](NCc2ccccc2Cl)C1. The monoisotopic (exact) mass is 223 g/mol. The van der Waals surface area contributed by atoms with E-state index in [1.165, 1.54) is 24.8 Å². The Morgan fingerprint density at radius 3 is 2.80 bits per heavy atom. The molecule has 0 amide bonds. The predicted octanol–water partition coefficient (Wildman–Crippen LogP) is 3.62. The third-order valence-corrected chi connectivity index (χ3v) is 3.60. The summed E-state index contributed by atoms with van der Waals surface area (Å²) in [5.74, 6) is 0.883. The van der Waals surface area contributed by atoms with Crippen LogP contribution in [-0.2, 0) is 6.54 Å². The quantitative estimate of drug-likeness (QED) is 0.826. The lowest BCUT2D eigenvalue weighted by atomic mass is 10.1. The number of benzene rings is 1. The third kappa shape index (κ3) is 2.96. The molecule has 82 valence electrons. The number of hydrogen-bond acceptors (Lipinski definition) is 1. The second-order valence-electron chi connectivity index (χ2n) is 4.59. The maximum atomic E-state index is 6.10. The molecule has 0 bridgehead atoms. The molecule has 0 heterocycles. The third-order valence-electron chi connectivity index (χ3n) is 3.23. The smallest absolute Gasteiger partial charge is 0.0450 e. The summed E-state index contributed by atoms with van der Waals surface area (Å²) in [5.41, 5.74) is 1.21. The first-order chi connectivity index (χ1) is 7.25. The largest absolute Gasteiger partial charge is 0.310 e. The Bertz CT molecular complexity index is 324. The van der Waals surface area contributed by atoms with Crippen molar-refractivity contribution >= 4 is 11.6 Å². The van der Waals surface area contributed by atoms with Crippen LogP contribution < -0.4 is 5.32 Å². The van der Waals surface area contributed by atoms with Crippen LogP contribution in [0.4, 0.5) is 0 Å². The zero-order chi connectivity index (χ0) is 10.7. The molecule has 0 aromatic heterocycles. The van der Waals surface area contributed by atoms with Crippen LogP contribution in [0.1, 0.15) is 31.7 Å². The molecular formula is C13H18ClN. The van der Waals surface area contributed by atoms with Gasteiger partial charge in [0.2, 0.25) is 0 Å². The lowest BCUT2D eigenvalue weighted by Gasteiger charge is -2.12. The molecule has 0 aliphatic heterocycles. The van der Waals surface area contributed by atoms with Crippen LogP contribution in [0, 0.1) is 5.92 Å². The van der Waals surface area contributed by atoms with E-state index < -0.39 is 0 Å². The van der Waals surface area contributed by atoms with Crippen LogP contribution in [0.2, 0.25) is 5.02 Å². The van der Waals surface area contributed by atoms with E-state index >= 15 is 0 Å². The molecule has 15 heavy (non-hydrogen) atoms. The van der Waals surface area contributed by atoms with Gasteiger partial charge < -0.3 is 5.32 Å². The van der Waals surface area contributed by atoms with Crippen molar-refractivity contribution in [2.45, 2.75) is 38.8 Å². The second kappa shape index (κ2) is 5.00. The standard InChI is InChI=1S/C13H18ClN/c1-10-6-7-12(8-10)15-9-11-4-2-3-5-13(11)14/h2-5,10,12,15H,6-9H2,1H3/t10-,12-/m1/s1. The molecule has 1 fully saturated rings. The van der Waals surface area contributed by atoms with Crippen molar-refractivity contribution in [1.82, 2.24) is 5.32 Å². The number of hydrogen-bond donors (Lipinski definition) is 1. The first-order valence-corrected chi connectivity index (χ1v) is 6.10. The zero-order valence-corrected chi connectivity index (χ0v) is 9.93. The highest BCUT2D eigenvalue weighted by atomic mass is 35.5. The van der Waals surface area contributed by atoms with Crippen LogP contribution in [0.15, 0.2) is 24.3 Å². The molecule has 2 heteroatoms. The van der Waals surface area contributed by atoms with Crippen molar-refractivity contribution in [3.05, 3.63) is 34.9 Å². The molecule has 1 nitrogen and oxygen atoms in total. The second-order valence-corrected chi connectivity index (χ2v) is 4.99. The van der Waals surface area contributed by atoms with E-state index in [-0.39, 0.29) is 0 Å². The molecule has 2 atom stereocenters. The summed E-state index contributed by atoms with van der Waals surface area (Å²) in [6.07, 6.45) is 3.98. The highest BCUT2D eigenvalue weighted by molar-refractivity contribution is 6.31. The molecule has 1 aromatic carbocycles. The van der Waals surface area contributed by atoms with Gasteiger partial charge >= 0.3 is 0 Å². The minimum absolute atomic E-state index is 0.691. The molecule has 1 aliphatic carbocycles. The van der Waals surface area contributed by atoms with Crippen molar-refractivity contribution in [1.29, 1.82) is 0 Å². The summed E-state index contributed by atoms with van der Waals surface area (Å²) in [7, 11) is 0. The van der Waals surface area contributed by atoms with E-state index in [1.54, 1.807) is 0 Å². The molecular weight excluding hydrogens is 206 g/mol. The van der Waals surface area contributed by atoms with Gasteiger partial charge in [-0.3, -0.25) is 0 Å². The lowest BCUT2D eigenvalue weighted by molar-refractivity contribution is 0.502. The Hall–Kier alpha value is -0.530. The van der Waals surface area contributed by atoms with E-state index in [2.05, 4.69) is 18.3 Å². The van der Waals surface area contributed by atoms with Crippen LogP contribution >= 0.6 is 11.6 Å². The van der Waals surface area contributed by atoms with E-state index in [0.717, 1.165) is 17.5 Å². The van der Waals surface area contributed by atoms with Crippen LogP contribution in [0.5, 0.6) is 0 Å². The molecule has 2 rings (SSSR count). The molecule has 0 unspecified atom stereocenters. The Morgan fingerprint density at radius 1 is 1.33 bits per heavy atom. The van der Waals surface area contributed by atoms with E-state index in [0.29, 0.717) is 6.04 Å². The van der Waals surface area contributed by atoms with Crippen LogP contribution in [0.3, 0.4) is 0 Å². The highest BCUT2D eigenvalue weighted by Gasteiger charge is 2.20. The number of halogens is 1. The topological polar surface area (TPSA) is 12.0 Å². The fourth-order valence-electron chi connectivity index (χ4n) is 2.29. The molecule has 0 spiro atoms. The normalized spacial score (nSPS) is 25.7. The summed E-state index contributed by atoms with van der Waals surface area (Å²) in [4.78, 5) is 0. The molecule has 1 aromatic rings.